The smallest absolute Gasteiger partial charge is 0.225 e. The topological polar surface area (TPSA) is 87.0 Å². The van der Waals surface area contributed by atoms with Crippen molar-refractivity contribution in [3.05, 3.63) is 6.07 Å². The highest BCUT2D eigenvalue weighted by Crippen LogP contribution is 2.32. The zero-order chi connectivity index (χ0) is 9.97. The number of nitrogen functional groups attached to an aromatic ring is 2. The molecule has 0 radical (unpaired) electrons. The summed E-state index contributed by atoms with van der Waals surface area (Å²) in [6.45, 7) is 0.681. The maximum Gasteiger partial charge on any atom is 0.225 e. The van der Waals surface area contributed by atoms with Crippen LogP contribution < -0.4 is 16.2 Å². The first-order valence-corrected chi connectivity index (χ1v) is 4.77. The summed E-state index contributed by atoms with van der Waals surface area (Å²) in [4.78, 5) is 7.67. The predicted molar refractivity (Wildman–Crippen MR) is 53.7 cm³/mol. The van der Waals surface area contributed by atoms with Crippen LogP contribution in [-0.4, -0.2) is 16.6 Å². The first-order chi connectivity index (χ1) is 6.74. The fraction of sp³-hybridized carbons (Fsp3) is 0.556. The van der Waals surface area contributed by atoms with Gasteiger partial charge in [0.05, 0.1) is 6.61 Å². The molecule has 1 aromatic heterocycles. The third-order valence-electron chi connectivity index (χ3n) is 2.21. The van der Waals surface area contributed by atoms with E-state index in [1.165, 1.54) is 12.8 Å². The molecule has 0 spiro atoms. The number of rotatable bonds is 4. The molecule has 0 aliphatic heterocycles. The third kappa shape index (κ3) is 2.48. The summed E-state index contributed by atoms with van der Waals surface area (Å²) in [6.07, 6.45) is 3.75. The van der Waals surface area contributed by atoms with Crippen molar-refractivity contribution in [1.82, 2.24) is 9.97 Å². The normalized spacial score (nSPS) is 15.4. The highest BCUT2D eigenvalue weighted by Gasteiger charge is 2.20. The Kier molecular flexibility index (Phi) is 2.39. The van der Waals surface area contributed by atoms with Crippen molar-refractivity contribution in [2.45, 2.75) is 19.3 Å². The van der Waals surface area contributed by atoms with Gasteiger partial charge in [-0.15, -0.1) is 0 Å². The van der Waals surface area contributed by atoms with Crippen LogP contribution in [-0.2, 0) is 0 Å². The van der Waals surface area contributed by atoms with Crippen molar-refractivity contribution in [1.29, 1.82) is 0 Å². The lowest BCUT2D eigenvalue weighted by molar-refractivity contribution is 0.291. The quantitative estimate of drug-likeness (QED) is 0.741. The molecule has 0 aromatic carbocycles. The molecular formula is C9H14N4O. The van der Waals surface area contributed by atoms with Gasteiger partial charge in [0.2, 0.25) is 11.8 Å². The molecule has 2 rings (SSSR count). The average molecular weight is 194 g/mol. The maximum atomic E-state index is 5.49. The van der Waals surface area contributed by atoms with Crippen LogP contribution in [0.4, 0.5) is 11.8 Å². The van der Waals surface area contributed by atoms with Crippen LogP contribution in [0.25, 0.3) is 0 Å². The zero-order valence-corrected chi connectivity index (χ0v) is 7.94. The van der Waals surface area contributed by atoms with E-state index in [9.17, 15) is 0 Å². The van der Waals surface area contributed by atoms with Crippen LogP contribution in [0.2, 0.25) is 0 Å². The Bertz CT molecular complexity index is 304. The van der Waals surface area contributed by atoms with Crippen molar-refractivity contribution in [3.8, 4) is 5.88 Å². The summed E-state index contributed by atoms with van der Waals surface area (Å²) in [5, 5.41) is 0. The van der Waals surface area contributed by atoms with Gasteiger partial charge in [0.25, 0.3) is 0 Å². The summed E-state index contributed by atoms with van der Waals surface area (Å²) in [7, 11) is 0. The first kappa shape index (κ1) is 9.05. The monoisotopic (exact) mass is 194 g/mol. The highest BCUT2D eigenvalue weighted by atomic mass is 16.5. The molecule has 0 unspecified atom stereocenters. The van der Waals surface area contributed by atoms with Crippen LogP contribution in [0.1, 0.15) is 19.3 Å². The average Bonchev–Trinajstić information content (AvgIpc) is 2.86. The zero-order valence-electron chi connectivity index (χ0n) is 7.94. The van der Waals surface area contributed by atoms with E-state index in [2.05, 4.69) is 9.97 Å². The first-order valence-electron chi connectivity index (χ1n) is 4.77. The minimum Gasteiger partial charge on any atom is -0.477 e. The fourth-order valence-corrected chi connectivity index (χ4v) is 1.27. The van der Waals surface area contributed by atoms with Gasteiger partial charge in [0.1, 0.15) is 5.82 Å². The molecule has 1 heterocycles. The molecule has 1 aliphatic carbocycles. The van der Waals surface area contributed by atoms with Gasteiger partial charge in [-0.25, -0.2) is 0 Å². The molecule has 5 heteroatoms. The minimum atomic E-state index is 0.159. The molecule has 1 saturated carbocycles. The Labute approximate surface area is 82.5 Å². The number of hydrogen-bond donors (Lipinski definition) is 2. The molecule has 1 aromatic rings. The van der Waals surface area contributed by atoms with E-state index < -0.39 is 0 Å². The molecule has 0 bridgehead atoms. The van der Waals surface area contributed by atoms with Gasteiger partial charge in [-0.2, -0.15) is 9.97 Å². The second-order valence-corrected chi connectivity index (χ2v) is 3.57. The molecule has 5 nitrogen and oxygen atoms in total. The summed E-state index contributed by atoms with van der Waals surface area (Å²) >= 11 is 0. The number of anilines is 2. The van der Waals surface area contributed by atoms with E-state index in [1.54, 1.807) is 6.07 Å². The predicted octanol–water partition coefficient (Wildman–Crippen LogP) is 0.820. The Morgan fingerprint density at radius 1 is 1.36 bits per heavy atom. The molecule has 76 valence electrons. The van der Waals surface area contributed by atoms with Gasteiger partial charge >= 0.3 is 0 Å². The van der Waals surface area contributed by atoms with Crippen molar-refractivity contribution in [2.75, 3.05) is 18.1 Å². The molecule has 0 amide bonds. The van der Waals surface area contributed by atoms with Crippen LogP contribution in [0.15, 0.2) is 6.07 Å². The number of hydrogen-bond acceptors (Lipinski definition) is 5. The summed E-state index contributed by atoms with van der Waals surface area (Å²) in [5.41, 5.74) is 10.9. The molecule has 1 aliphatic rings. The van der Waals surface area contributed by atoms with Gasteiger partial charge in [0.15, 0.2) is 0 Å². The third-order valence-corrected chi connectivity index (χ3v) is 2.21. The van der Waals surface area contributed by atoms with Crippen molar-refractivity contribution < 1.29 is 4.74 Å². The lowest BCUT2D eigenvalue weighted by atomic mass is 10.3. The van der Waals surface area contributed by atoms with Crippen molar-refractivity contribution in [3.63, 3.8) is 0 Å². The maximum absolute atomic E-state index is 5.49. The highest BCUT2D eigenvalue weighted by molar-refractivity contribution is 5.38. The molecule has 0 atom stereocenters. The second kappa shape index (κ2) is 3.69. The fourth-order valence-electron chi connectivity index (χ4n) is 1.27. The molecular weight excluding hydrogens is 180 g/mol. The van der Waals surface area contributed by atoms with Gasteiger partial charge in [-0.3, -0.25) is 0 Å². The Hall–Kier alpha value is -1.52. The van der Waals surface area contributed by atoms with E-state index in [0.29, 0.717) is 18.3 Å². The van der Waals surface area contributed by atoms with E-state index in [1.807, 2.05) is 0 Å². The number of nitrogens with zero attached hydrogens (tertiary/aromatic N) is 2. The van der Waals surface area contributed by atoms with Crippen LogP contribution in [0.5, 0.6) is 5.88 Å². The van der Waals surface area contributed by atoms with Crippen LogP contribution in [0.3, 0.4) is 0 Å². The molecule has 1 fully saturated rings. The number of ether oxygens (including phenoxy) is 1. The largest absolute Gasteiger partial charge is 0.477 e. The number of aromatic nitrogens is 2. The Balaban J connectivity index is 1.87. The van der Waals surface area contributed by atoms with Crippen molar-refractivity contribution in [2.24, 2.45) is 5.92 Å². The van der Waals surface area contributed by atoms with E-state index in [4.69, 9.17) is 16.2 Å². The SMILES string of the molecule is Nc1cc(OCCC2CC2)nc(N)n1. The Morgan fingerprint density at radius 2 is 2.14 bits per heavy atom. The van der Waals surface area contributed by atoms with Gasteiger partial charge in [0, 0.05) is 6.07 Å². The summed E-state index contributed by atoms with van der Waals surface area (Å²) < 4.78 is 5.41. The minimum absolute atomic E-state index is 0.159. The van der Waals surface area contributed by atoms with E-state index >= 15 is 0 Å². The lowest BCUT2D eigenvalue weighted by Crippen LogP contribution is -2.04. The summed E-state index contributed by atoms with van der Waals surface area (Å²) in [6, 6.07) is 1.59. The van der Waals surface area contributed by atoms with E-state index in [0.717, 1.165) is 12.3 Å². The second-order valence-electron chi connectivity index (χ2n) is 3.57. The van der Waals surface area contributed by atoms with E-state index in [-0.39, 0.29) is 5.95 Å². The van der Waals surface area contributed by atoms with Gasteiger partial charge in [-0.1, -0.05) is 12.8 Å². The van der Waals surface area contributed by atoms with Gasteiger partial charge in [-0.05, 0) is 12.3 Å². The molecule has 0 saturated heterocycles. The van der Waals surface area contributed by atoms with Crippen molar-refractivity contribution >= 4 is 11.8 Å². The molecule has 14 heavy (non-hydrogen) atoms. The standard InChI is InChI=1S/C9H14N4O/c10-7-5-8(13-9(11)12-7)14-4-3-6-1-2-6/h5-6H,1-4H2,(H4,10,11,12,13). The van der Waals surface area contributed by atoms with Crippen LogP contribution >= 0.6 is 0 Å². The summed E-state index contributed by atoms with van der Waals surface area (Å²) in [5.74, 6) is 1.83. The lowest BCUT2D eigenvalue weighted by Gasteiger charge is -2.05. The van der Waals surface area contributed by atoms with Crippen LogP contribution in [0, 0.1) is 5.92 Å². The van der Waals surface area contributed by atoms with Gasteiger partial charge < -0.3 is 16.2 Å². The number of nitrogens with two attached hydrogens (primary N) is 2. The molecule has 4 N–H and O–H groups in total. The Morgan fingerprint density at radius 3 is 2.79 bits per heavy atom.